The van der Waals surface area contributed by atoms with E-state index in [9.17, 15) is 4.79 Å². The van der Waals surface area contributed by atoms with Gasteiger partial charge in [0.1, 0.15) is 5.75 Å². The molecule has 0 aromatic heterocycles. The van der Waals surface area contributed by atoms with Gasteiger partial charge in [-0.05, 0) is 24.5 Å². The first kappa shape index (κ1) is 10.7. The van der Waals surface area contributed by atoms with Gasteiger partial charge in [0.2, 0.25) is 0 Å². The van der Waals surface area contributed by atoms with Crippen LogP contribution in [-0.2, 0) is 0 Å². The molecule has 1 aliphatic rings. The van der Waals surface area contributed by atoms with E-state index in [-0.39, 0.29) is 5.78 Å². The number of Topliss-reactive ketones (excluding diaryl/α,β-unsaturated/α-hetero) is 1. The van der Waals surface area contributed by atoms with Gasteiger partial charge in [-0.3, -0.25) is 4.79 Å². The molecular weight excluding hydrogens is 256 g/mol. The quantitative estimate of drug-likeness (QED) is 0.779. The molecule has 0 aliphatic heterocycles. The van der Waals surface area contributed by atoms with Crippen LogP contribution in [0.15, 0.2) is 16.6 Å². The number of rotatable bonds is 1. The molecule has 15 heavy (non-hydrogen) atoms. The Morgan fingerprint density at radius 3 is 2.87 bits per heavy atom. The summed E-state index contributed by atoms with van der Waals surface area (Å²) in [5, 5.41) is 0. The third-order valence-electron chi connectivity index (χ3n) is 2.95. The summed E-state index contributed by atoms with van der Waals surface area (Å²) in [6.45, 7) is 2.14. The Balaban J connectivity index is 2.68. The Labute approximate surface area is 97.8 Å². The van der Waals surface area contributed by atoms with Gasteiger partial charge in [0.05, 0.1) is 7.11 Å². The van der Waals surface area contributed by atoms with E-state index in [2.05, 4.69) is 22.9 Å². The van der Waals surface area contributed by atoms with Crippen molar-refractivity contribution < 1.29 is 9.53 Å². The number of benzene rings is 1. The fourth-order valence-electron chi connectivity index (χ4n) is 2.14. The summed E-state index contributed by atoms with van der Waals surface area (Å²) < 4.78 is 6.20. The third-order valence-corrected chi connectivity index (χ3v) is 3.61. The Bertz CT molecular complexity index is 412. The fraction of sp³-hybridized carbons (Fsp3) is 0.417. The molecule has 0 radical (unpaired) electrons. The SMILES string of the molecule is COc1ccc(Br)c2c1C(C)CCC2=O. The van der Waals surface area contributed by atoms with Crippen LogP contribution in [0.2, 0.25) is 0 Å². The summed E-state index contributed by atoms with van der Waals surface area (Å²) in [6.07, 6.45) is 1.55. The van der Waals surface area contributed by atoms with Crippen LogP contribution in [-0.4, -0.2) is 12.9 Å². The van der Waals surface area contributed by atoms with E-state index in [1.807, 2.05) is 12.1 Å². The average Bonchev–Trinajstić information content (AvgIpc) is 2.23. The van der Waals surface area contributed by atoms with Gasteiger partial charge in [-0.2, -0.15) is 0 Å². The smallest absolute Gasteiger partial charge is 0.164 e. The van der Waals surface area contributed by atoms with E-state index in [0.29, 0.717) is 12.3 Å². The highest BCUT2D eigenvalue weighted by atomic mass is 79.9. The maximum Gasteiger partial charge on any atom is 0.164 e. The van der Waals surface area contributed by atoms with Gasteiger partial charge < -0.3 is 4.74 Å². The Morgan fingerprint density at radius 2 is 2.20 bits per heavy atom. The van der Waals surface area contributed by atoms with Crippen LogP contribution in [0.4, 0.5) is 0 Å². The van der Waals surface area contributed by atoms with Gasteiger partial charge in [-0.25, -0.2) is 0 Å². The molecule has 0 heterocycles. The summed E-state index contributed by atoms with van der Waals surface area (Å²) in [5.74, 6) is 1.44. The van der Waals surface area contributed by atoms with Crippen LogP contribution in [0.25, 0.3) is 0 Å². The van der Waals surface area contributed by atoms with Gasteiger partial charge in [-0.15, -0.1) is 0 Å². The van der Waals surface area contributed by atoms with Crippen molar-refractivity contribution in [3.05, 3.63) is 27.7 Å². The highest BCUT2D eigenvalue weighted by Crippen LogP contribution is 2.40. The van der Waals surface area contributed by atoms with E-state index in [1.165, 1.54) is 0 Å². The minimum absolute atomic E-state index is 0.217. The first-order valence-electron chi connectivity index (χ1n) is 5.04. The van der Waals surface area contributed by atoms with Crippen molar-refractivity contribution in [2.45, 2.75) is 25.7 Å². The number of carbonyl (C=O) groups excluding carboxylic acids is 1. The van der Waals surface area contributed by atoms with Crippen LogP contribution in [0, 0.1) is 0 Å². The summed E-state index contributed by atoms with van der Waals surface area (Å²) in [7, 11) is 1.65. The minimum Gasteiger partial charge on any atom is -0.496 e. The largest absolute Gasteiger partial charge is 0.496 e. The first-order chi connectivity index (χ1) is 7.15. The number of ether oxygens (including phenoxy) is 1. The first-order valence-corrected chi connectivity index (χ1v) is 5.84. The van der Waals surface area contributed by atoms with Crippen molar-refractivity contribution in [2.24, 2.45) is 0 Å². The van der Waals surface area contributed by atoms with Crippen molar-refractivity contribution in [3.8, 4) is 5.75 Å². The molecule has 0 amide bonds. The van der Waals surface area contributed by atoms with Gasteiger partial charge in [0, 0.05) is 22.0 Å². The minimum atomic E-state index is 0.217. The second kappa shape index (κ2) is 3.97. The number of hydrogen-bond donors (Lipinski definition) is 0. The normalized spacial score (nSPS) is 19.9. The van der Waals surface area contributed by atoms with E-state index in [4.69, 9.17) is 4.74 Å². The Kier molecular flexibility index (Phi) is 2.83. The number of fused-ring (bicyclic) bond motifs is 1. The lowest BCUT2D eigenvalue weighted by Gasteiger charge is -2.24. The summed E-state index contributed by atoms with van der Waals surface area (Å²) in [4.78, 5) is 11.8. The summed E-state index contributed by atoms with van der Waals surface area (Å²) in [5.41, 5.74) is 1.87. The van der Waals surface area contributed by atoms with E-state index in [1.54, 1.807) is 7.11 Å². The van der Waals surface area contributed by atoms with Crippen molar-refractivity contribution >= 4 is 21.7 Å². The van der Waals surface area contributed by atoms with Crippen molar-refractivity contribution in [2.75, 3.05) is 7.11 Å². The van der Waals surface area contributed by atoms with Crippen LogP contribution in [0.5, 0.6) is 5.75 Å². The van der Waals surface area contributed by atoms with Crippen molar-refractivity contribution in [1.29, 1.82) is 0 Å². The highest BCUT2D eigenvalue weighted by molar-refractivity contribution is 9.10. The molecule has 1 aromatic carbocycles. The maximum absolute atomic E-state index is 11.8. The number of halogens is 1. The predicted octanol–water partition coefficient (Wildman–Crippen LogP) is 3.54. The zero-order valence-electron chi connectivity index (χ0n) is 8.84. The molecule has 80 valence electrons. The van der Waals surface area contributed by atoms with Gasteiger partial charge in [0.25, 0.3) is 0 Å². The van der Waals surface area contributed by atoms with Crippen LogP contribution >= 0.6 is 15.9 Å². The van der Waals surface area contributed by atoms with Crippen molar-refractivity contribution in [1.82, 2.24) is 0 Å². The van der Waals surface area contributed by atoms with Crippen molar-refractivity contribution in [3.63, 3.8) is 0 Å². The van der Waals surface area contributed by atoms with E-state index in [0.717, 1.165) is 27.8 Å². The molecule has 3 heteroatoms. The Morgan fingerprint density at radius 1 is 1.47 bits per heavy atom. The van der Waals surface area contributed by atoms with Gasteiger partial charge >= 0.3 is 0 Å². The van der Waals surface area contributed by atoms with Crippen LogP contribution < -0.4 is 4.74 Å². The second-order valence-corrected chi connectivity index (χ2v) is 4.76. The summed E-state index contributed by atoms with van der Waals surface area (Å²) in [6, 6.07) is 3.80. The molecule has 1 unspecified atom stereocenters. The second-order valence-electron chi connectivity index (χ2n) is 3.90. The molecule has 1 aliphatic carbocycles. The lowest BCUT2D eigenvalue weighted by Crippen LogP contribution is -2.15. The zero-order chi connectivity index (χ0) is 11.0. The molecule has 0 saturated carbocycles. The molecular formula is C12H13BrO2. The van der Waals surface area contributed by atoms with E-state index < -0.39 is 0 Å². The highest BCUT2D eigenvalue weighted by Gasteiger charge is 2.27. The number of ketones is 1. The standard InChI is InChI=1S/C12H13BrO2/c1-7-3-5-9(14)12-8(13)4-6-10(15-2)11(7)12/h4,6-7H,3,5H2,1-2H3. The average molecular weight is 269 g/mol. The predicted molar refractivity (Wildman–Crippen MR) is 62.7 cm³/mol. The van der Waals surface area contributed by atoms with Crippen LogP contribution in [0.1, 0.15) is 41.6 Å². The molecule has 1 atom stereocenters. The molecule has 0 fully saturated rings. The lowest BCUT2D eigenvalue weighted by molar-refractivity contribution is 0.0966. The van der Waals surface area contributed by atoms with Crippen LogP contribution in [0.3, 0.4) is 0 Å². The number of hydrogen-bond acceptors (Lipinski definition) is 2. The topological polar surface area (TPSA) is 26.3 Å². The number of carbonyl (C=O) groups is 1. The monoisotopic (exact) mass is 268 g/mol. The number of methoxy groups -OCH3 is 1. The van der Waals surface area contributed by atoms with E-state index >= 15 is 0 Å². The lowest BCUT2D eigenvalue weighted by atomic mass is 9.82. The molecule has 1 aromatic rings. The molecule has 0 spiro atoms. The fourth-order valence-corrected chi connectivity index (χ4v) is 2.71. The molecule has 0 N–H and O–H groups in total. The molecule has 0 bridgehead atoms. The molecule has 2 rings (SSSR count). The third kappa shape index (κ3) is 1.69. The molecule has 2 nitrogen and oxygen atoms in total. The van der Waals surface area contributed by atoms with Gasteiger partial charge in [0.15, 0.2) is 5.78 Å². The molecule has 0 saturated heterocycles. The summed E-state index contributed by atoms with van der Waals surface area (Å²) >= 11 is 3.44. The Hall–Kier alpha value is -0.830. The van der Waals surface area contributed by atoms with Gasteiger partial charge in [-0.1, -0.05) is 22.9 Å². The zero-order valence-corrected chi connectivity index (χ0v) is 10.4. The maximum atomic E-state index is 11.8.